The van der Waals surface area contributed by atoms with Crippen molar-refractivity contribution in [2.75, 3.05) is 23.3 Å². The summed E-state index contributed by atoms with van der Waals surface area (Å²) in [6, 6.07) is 3.89. The molecule has 1 saturated heterocycles. The van der Waals surface area contributed by atoms with Crippen molar-refractivity contribution in [3.05, 3.63) is 59.8 Å². The third-order valence-corrected chi connectivity index (χ3v) is 5.65. The number of pyridine rings is 1. The van der Waals surface area contributed by atoms with Crippen LogP contribution in [0, 0.1) is 0 Å². The number of nitrogens with zero attached hydrogens (tertiary/aromatic N) is 6. The smallest absolute Gasteiger partial charge is 0.226 e. The topological polar surface area (TPSA) is 88.8 Å². The third kappa shape index (κ3) is 3.57. The summed E-state index contributed by atoms with van der Waals surface area (Å²) in [5.74, 6) is 1.42. The maximum absolute atomic E-state index is 12.4. The molecule has 3 aromatic heterocycles. The zero-order valence-electron chi connectivity index (χ0n) is 16.2. The van der Waals surface area contributed by atoms with Gasteiger partial charge in [0.25, 0.3) is 0 Å². The molecule has 3 aromatic rings. The second kappa shape index (κ2) is 7.62. The Labute approximate surface area is 169 Å². The summed E-state index contributed by atoms with van der Waals surface area (Å²) in [4.78, 5) is 28.0. The first kappa shape index (κ1) is 17.8. The van der Waals surface area contributed by atoms with Crippen molar-refractivity contribution in [1.82, 2.24) is 24.7 Å². The van der Waals surface area contributed by atoms with E-state index in [2.05, 4.69) is 30.3 Å². The average molecular weight is 389 g/mol. The molecule has 0 saturated carbocycles. The lowest BCUT2D eigenvalue weighted by molar-refractivity contribution is -0.116. The molecule has 5 rings (SSSR count). The van der Waals surface area contributed by atoms with Crippen LogP contribution in [-0.2, 0) is 11.3 Å². The molecular weight excluding hydrogens is 366 g/mol. The summed E-state index contributed by atoms with van der Waals surface area (Å²) >= 11 is 0. The highest BCUT2D eigenvalue weighted by Crippen LogP contribution is 2.37. The van der Waals surface area contributed by atoms with Crippen LogP contribution < -0.4 is 10.2 Å². The minimum absolute atomic E-state index is 0.0180. The Morgan fingerprint density at radius 3 is 2.66 bits per heavy atom. The number of hydrogen-bond acceptors (Lipinski definition) is 6. The average Bonchev–Trinajstić information content (AvgIpc) is 3.17. The van der Waals surface area contributed by atoms with Crippen LogP contribution in [0.5, 0.6) is 0 Å². The Kier molecular flexibility index (Phi) is 4.67. The number of piperidine rings is 1. The van der Waals surface area contributed by atoms with E-state index >= 15 is 0 Å². The first-order valence-electron chi connectivity index (χ1n) is 10.1. The zero-order chi connectivity index (χ0) is 19.6. The maximum Gasteiger partial charge on any atom is 0.226 e. The van der Waals surface area contributed by atoms with Crippen LogP contribution in [0.15, 0.2) is 43.1 Å². The van der Waals surface area contributed by atoms with Crippen molar-refractivity contribution in [2.45, 2.75) is 38.1 Å². The van der Waals surface area contributed by atoms with Crippen molar-refractivity contribution < 1.29 is 4.79 Å². The van der Waals surface area contributed by atoms with Gasteiger partial charge in [-0.15, -0.1) is 0 Å². The van der Waals surface area contributed by atoms with Crippen LogP contribution in [0.25, 0.3) is 0 Å². The van der Waals surface area contributed by atoms with E-state index in [1.165, 1.54) is 19.3 Å². The number of carbonyl (C=O) groups excluding carboxylic acids is 1. The summed E-state index contributed by atoms with van der Waals surface area (Å²) in [6.45, 7) is 2.58. The van der Waals surface area contributed by atoms with Gasteiger partial charge in [0.05, 0.1) is 12.7 Å². The molecule has 29 heavy (non-hydrogen) atoms. The number of hydrogen-bond donors (Lipinski definition) is 1. The number of amides is 1. The number of aromatic nitrogens is 5. The minimum Gasteiger partial charge on any atom is -0.341 e. The van der Waals surface area contributed by atoms with E-state index < -0.39 is 0 Å². The number of nitrogens with one attached hydrogen (secondary N) is 1. The molecular formula is C21H23N7O. The van der Waals surface area contributed by atoms with Gasteiger partial charge in [-0.1, -0.05) is 6.07 Å². The van der Waals surface area contributed by atoms with Crippen molar-refractivity contribution in [2.24, 2.45) is 0 Å². The van der Waals surface area contributed by atoms with Crippen molar-refractivity contribution in [3.63, 3.8) is 0 Å². The Morgan fingerprint density at radius 1 is 1.07 bits per heavy atom. The van der Waals surface area contributed by atoms with Crippen LogP contribution in [0.1, 0.15) is 48.3 Å². The Balaban J connectivity index is 1.41. The molecule has 1 unspecified atom stereocenters. The SMILES string of the molecule is O=C1CC(c2cnc(N3CCCCC3)nc2)c2cnn(Cc3cccnc3)c2N1. The van der Waals surface area contributed by atoms with Gasteiger partial charge < -0.3 is 10.2 Å². The highest BCUT2D eigenvalue weighted by Gasteiger charge is 2.30. The van der Waals surface area contributed by atoms with E-state index in [0.717, 1.165) is 41.5 Å². The van der Waals surface area contributed by atoms with Crippen molar-refractivity contribution in [1.29, 1.82) is 0 Å². The number of anilines is 2. The molecule has 0 aliphatic carbocycles. The second-order valence-corrected chi connectivity index (χ2v) is 7.64. The minimum atomic E-state index is -0.0863. The lowest BCUT2D eigenvalue weighted by Gasteiger charge is -2.27. The van der Waals surface area contributed by atoms with Crippen LogP contribution in [0.4, 0.5) is 11.8 Å². The van der Waals surface area contributed by atoms with Crippen LogP contribution in [0.3, 0.4) is 0 Å². The predicted octanol–water partition coefficient (Wildman–Crippen LogP) is 2.58. The van der Waals surface area contributed by atoms with E-state index in [1.807, 2.05) is 41.6 Å². The lowest BCUT2D eigenvalue weighted by Crippen LogP contribution is -2.31. The summed E-state index contributed by atoms with van der Waals surface area (Å²) in [5.41, 5.74) is 2.98. The van der Waals surface area contributed by atoms with E-state index in [9.17, 15) is 4.79 Å². The molecule has 1 amide bonds. The number of carbonyl (C=O) groups is 1. The van der Waals surface area contributed by atoms with Gasteiger partial charge in [0, 0.05) is 55.8 Å². The number of fused-ring (bicyclic) bond motifs is 1. The van der Waals surface area contributed by atoms with E-state index in [1.54, 1.807) is 6.20 Å². The molecule has 0 spiro atoms. The van der Waals surface area contributed by atoms with E-state index in [0.29, 0.717) is 13.0 Å². The number of rotatable bonds is 4. The molecule has 8 nitrogen and oxygen atoms in total. The van der Waals surface area contributed by atoms with Gasteiger partial charge >= 0.3 is 0 Å². The Hall–Kier alpha value is -3.29. The summed E-state index contributed by atoms with van der Waals surface area (Å²) in [5, 5.41) is 7.50. The largest absolute Gasteiger partial charge is 0.341 e. The Morgan fingerprint density at radius 2 is 1.90 bits per heavy atom. The molecule has 0 bridgehead atoms. The van der Waals surface area contributed by atoms with Gasteiger partial charge in [-0.3, -0.25) is 9.78 Å². The fourth-order valence-electron chi connectivity index (χ4n) is 4.12. The Bertz CT molecular complexity index is 994. The molecule has 0 aromatic carbocycles. The summed E-state index contributed by atoms with van der Waals surface area (Å²) < 4.78 is 1.82. The maximum atomic E-state index is 12.4. The highest BCUT2D eigenvalue weighted by molar-refractivity contribution is 5.94. The van der Waals surface area contributed by atoms with Gasteiger partial charge in [0.1, 0.15) is 5.82 Å². The second-order valence-electron chi connectivity index (χ2n) is 7.64. The fourth-order valence-corrected chi connectivity index (χ4v) is 4.12. The monoisotopic (exact) mass is 389 g/mol. The van der Waals surface area contributed by atoms with E-state index in [-0.39, 0.29) is 11.8 Å². The molecule has 2 aliphatic rings. The van der Waals surface area contributed by atoms with Crippen molar-refractivity contribution >= 4 is 17.7 Å². The summed E-state index contributed by atoms with van der Waals surface area (Å²) in [7, 11) is 0. The predicted molar refractivity (Wildman–Crippen MR) is 109 cm³/mol. The van der Waals surface area contributed by atoms with Gasteiger partial charge in [-0.05, 0) is 36.5 Å². The molecule has 148 valence electrons. The van der Waals surface area contributed by atoms with E-state index in [4.69, 9.17) is 0 Å². The van der Waals surface area contributed by atoms with Gasteiger partial charge in [-0.25, -0.2) is 14.6 Å². The first-order valence-corrected chi connectivity index (χ1v) is 10.1. The van der Waals surface area contributed by atoms with Gasteiger partial charge in [-0.2, -0.15) is 5.10 Å². The third-order valence-electron chi connectivity index (χ3n) is 5.65. The molecule has 5 heterocycles. The molecule has 1 atom stereocenters. The van der Waals surface area contributed by atoms with Gasteiger partial charge in [0.2, 0.25) is 11.9 Å². The van der Waals surface area contributed by atoms with Crippen LogP contribution in [0.2, 0.25) is 0 Å². The van der Waals surface area contributed by atoms with Crippen LogP contribution in [-0.4, -0.2) is 43.7 Å². The quantitative estimate of drug-likeness (QED) is 0.738. The van der Waals surface area contributed by atoms with Gasteiger partial charge in [0.15, 0.2) is 0 Å². The highest BCUT2D eigenvalue weighted by atomic mass is 16.1. The molecule has 1 fully saturated rings. The fraction of sp³-hybridized carbons (Fsp3) is 0.381. The molecule has 0 radical (unpaired) electrons. The first-order chi connectivity index (χ1) is 14.3. The molecule has 8 heteroatoms. The lowest BCUT2D eigenvalue weighted by atomic mass is 9.89. The van der Waals surface area contributed by atoms with Crippen LogP contribution >= 0.6 is 0 Å². The molecule has 1 N–H and O–H groups in total. The standard InChI is InChI=1S/C21H23N7O/c29-19-9-17(16-11-23-21(24-12-16)27-7-2-1-3-8-27)18-13-25-28(20(18)26-19)14-15-5-4-6-22-10-15/h4-6,10-13,17H,1-3,7-9,14H2,(H,26,29). The summed E-state index contributed by atoms with van der Waals surface area (Å²) in [6.07, 6.45) is 13.1. The zero-order valence-corrected chi connectivity index (χ0v) is 16.2. The normalized spacial score (nSPS) is 19.0. The van der Waals surface area contributed by atoms with Crippen molar-refractivity contribution in [3.8, 4) is 0 Å². The molecule has 2 aliphatic heterocycles.